The molecule has 8 heteroatoms. The van der Waals surface area contributed by atoms with Gasteiger partial charge in [0.25, 0.3) is 5.91 Å². The van der Waals surface area contributed by atoms with Crippen molar-refractivity contribution < 1.29 is 19.2 Å². The van der Waals surface area contributed by atoms with Crippen LogP contribution in [0.1, 0.15) is 31.7 Å². The third-order valence-electron chi connectivity index (χ3n) is 5.58. The topological polar surface area (TPSA) is 90.0 Å². The smallest absolute Gasteiger partial charge is 0.327 e. The number of carbonyl (C=O) groups is 4. The van der Waals surface area contributed by atoms with E-state index in [4.69, 9.17) is 0 Å². The molecular weight excluding hydrogens is 360 g/mol. The van der Waals surface area contributed by atoms with Crippen LogP contribution in [0.25, 0.3) is 0 Å². The van der Waals surface area contributed by atoms with Crippen LogP contribution < -0.4 is 5.32 Å². The first kappa shape index (κ1) is 19.9. The summed E-state index contributed by atoms with van der Waals surface area (Å²) < 4.78 is 0. The molecule has 0 unspecified atom stereocenters. The average Bonchev–Trinajstić information content (AvgIpc) is 2.85. The van der Waals surface area contributed by atoms with Gasteiger partial charge in [-0.25, -0.2) is 4.79 Å². The average molecular weight is 386 g/mol. The Morgan fingerprint density at radius 2 is 1.75 bits per heavy atom. The molecule has 8 nitrogen and oxygen atoms in total. The first-order valence-electron chi connectivity index (χ1n) is 9.51. The summed E-state index contributed by atoms with van der Waals surface area (Å²) >= 11 is 0. The van der Waals surface area contributed by atoms with Crippen LogP contribution in [0.15, 0.2) is 30.3 Å². The van der Waals surface area contributed by atoms with Crippen molar-refractivity contribution in [3.63, 3.8) is 0 Å². The quantitative estimate of drug-likeness (QED) is 0.764. The molecule has 1 N–H and O–H groups in total. The van der Waals surface area contributed by atoms with Gasteiger partial charge in [0.1, 0.15) is 5.54 Å². The van der Waals surface area contributed by atoms with E-state index >= 15 is 0 Å². The predicted octanol–water partition coefficient (Wildman–Crippen LogP) is 0.968. The molecule has 1 aromatic carbocycles. The van der Waals surface area contributed by atoms with E-state index in [9.17, 15) is 19.2 Å². The minimum atomic E-state index is -0.893. The number of likely N-dealkylation sites (N-methyl/N-ethyl adjacent to an activating group) is 1. The van der Waals surface area contributed by atoms with Crippen molar-refractivity contribution >= 4 is 23.8 Å². The van der Waals surface area contributed by atoms with E-state index in [1.54, 1.807) is 9.80 Å². The van der Waals surface area contributed by atoms with Crippen molar-refractivity contribution in [1.82, 2.24) is 20.0 Å². The second-order valence-corrected chi connectivity index (χ2v) is 7.36. The number of carbonyl (C=O) groups excluding carboxylic acids is 4. The summed E-state index contributed by atoms with van der Waals surface area (Å²) in [5.74, 6) is -0.415. The summed E-state index contributed by atoms with van der Waals surface area (Å²) in [6.07, 6.45) is 1.06. The van der Waals surface area contributed by atoms with Crippen molar-refractivity contribution in [1.29, 1.82) is 0 Å². The van der Waals surface area contributed by atoms with Crippen LogP contribution in [-0.2, 0) is 20.9 Å². The van der Waals surface area contributed by atoms with Crippen LogP contribution >= 0.6 is 0 Å². The molecule has 0 saturated carbocycles. The Labute approximate surface area is 164 Å². The highest BCUT2D eigenvalue weighted by atomic mass is 16.2. The highest BCUT2D eigenvalue weighted by Crippen LogP contribution is 2.37. The molecule has 28 heavy (non-hydrogen) atoms. The highest BCUT2D eigenvalue weighted by molar-refractivity contribution is 6.06. The molecule has 2 saturated heterocycles. The number of hydrogen-bond donors (Lipinski definition) is 1. The zero-order valence-corrected chi connectivity index (χ0v) is 16.3. The Bertz CT molecular complexity index is 772. The molecule has 1 aromatic rings. The van der Waals surface area contributed by atoms with Gasteiger partial charge in [-0.15, -0.1) is 0 Å². The SMILES string of the molecule is CC(=O)NCCC(=O)N1CCC2(CC1)C(=O)N(C)C(=O)N2Cc1ccccc1. The Balaban J connectivity index is 1.69. The third kappa shape index (κ3) is 3.72. The van der Waals surface area contributed by atoms with Gasteiger partial charge < -0.3 is 15.1 Å². The van der Waals surface area contributed by atoms with Crippen LogP contribution in [-0.4, -0.2) is 70.7 Å². The summed E-state index contributed by atoms with van der Waals surface area (Å²) in [5, 5.41) is 2.62. The largest absolute Gasteiger partial charge is 0.356 e. The van der Waals surface area contributed by atoms with Gasteiger partial charge in [-0.05, 0) is 18.4 Å². The molecule has 150 valence electrons. The van der Waals surface area contributed by atoms with Crippen LogP contribution in [0.4, 0.5) is 4.79 Å². The van der Waals surface area contributed by atoms with Crippen molar-refractivity contribution in [2.75, 3.05) is 26.7 Å². The Morgan fingerprint density at radius 3 is 2.36 bits per heavy atom. The number of imide groups is 1. The van der Waals surface area contributed by atoms with E-state index in [2.05, 4.69) is 5.32 Å². The monoisotopic (exact) mass is 386 g/mol. The summed E-state index contributed by atoms with van der Waals surface area (Å²) in [7, 11) is 1.52. The molecular formula is C20H26N4O4. The van der Waals surface area contributed by atoms with E-state index < -0.39 is 5.54 Å². The summed E-state index contributed by atoms with van der Waals surface area (Å²) in [5.41, 5.74) is 0.0722. The van der Waals surface area contributed by atoms with Gasteiger partial charge in [0.05, 0.1) is 0 Å². The number of likely N-dealkylation sites (tertiary alicyclic amines) is 1. The first-order valence-corrected chi connectivity index (χ1v) is 9.51. The molecule has 0 bridgehead atoms. The molecule has 0 aliphatic carbocycles. The fourth-order valence-corrected chi connectivity index (χ4v) is 3.98. The minimum Gasteiger partial charge on any atom is -0.356 e. The Morgan fingerprint density at radius 1 is 1.11 bits per heavy atom. The Kier molecular flexibility index (Phi) is 5.67. The zero-order valence-electron chi connectivity index (χ0n) is 16.3. The van der Waals surface area contributed by atoms with Crippen molar-refractivity contribution in [2.45, 2.75) is 38.3 Å². The van der Waals surface area contributed by atoms with E-state index in [0.717, 1.165) is 5.56 Å². The third-order valence-corrected chi connectivity index (χ3v) is 5.58. The molecule has 0 aromatic heterocycles. The number of nitrogens with zero attached hydrogens (tertiary/aromatic N) is 3. The number of benzene rings is 1. The van der Waals surface area contributed by atoms with Gasteiger partial charge in [0, 0.05) is 46.6 Å². The maximum atomic E-state index is 12.9. The van der Waals surface area contributed by atoms with Gasteiger partial charge in [-0.2, -0.15) is 0 Å². The number of hydrogen-bond acceptors (Lipinski definition) is 4. The van der Waals surface area contributed by atoms with Crippen molar-refractivity contribution in [2.24, 2.45) is 0 Å². The van der Waals surface area contributed by atoms with E-state index in [-0.39, 0.29) is 30.2 Å². The maximum Gasteiger partial charge on any atom is 0.327 e. The lowest BCUT2D eigenvalue weighted by molar-refractivity contribution is -0.140. The lowest BCUT2D eigenvalue weighted by Gasteiger charge is -2.42. The second kappa shape index (κ2) is 8.00. The van der Waals surface area contributed by atoms with Crippen molar-refractivity contribution in [3.05, 3.63) is 35.9 Å². The lowest BCUT2D eigenvalue weighted by atomic mass is 9.85. The summed E-state index contributed by atoms with van der Waals surface area (Å²) in [6, 6.07) is 9.30. The number of piperidine rings is 1. The zero-order chi connectivity index (χ0) is 20.3. The molecule has 2 heterocycles. The molecule has 1 spiro atoms. The van der Waals surface area contributed by atoms with E-state index in [1.807, 2.05) is 30.3 Å². The summed E-state index contributed by atoms with van der Waals surface area (Å²) in [6.45, 7) is 2.91. The van der Waals surface area contributed by atoms with E-state index in [1.165, 1.54) is 18.9 Å². The fourth-order valence-electron chi connectivity index (χ4n) is 3.98. The molecule has 3 rings (SSSR count). The van der Waals surface area contributed by atoms with Gasteiger partial charge in [0.15, 0.2) is 0 Å². The normalized spacial score (nSPS) is 18.7. The van der Waals surface area contributed by atoms with Gasteiger partial charge >= 0.3 is 6.03 Å². The number of amides is 5. The molecule has 2 aliphatic heterocycles. The van der Waals surface area contributed by atoms with Gasteiger partial charge in [-0.3, -0.25) is 19.3 Å². The Hall–Kier alpha value is -2.90. The predicted molar refractivity (Wildman–Crippen MR) is 102 cm³/mol. The fraction of sp³-hybridized carbons (Fsp3) is 0.500. The standard InChI is InChI=1S/C20H26N4O4/c1-15(25)21-11-8-17(26)23-12-9-20(10-13-23)18(27)22(2)19(28)24(20)14-16-6-4-3-5-7-16/h3-7H,8-14H2,1-2H3,(H,21,25). The molecule has 2 fully saturated rings. The maximum absolute atomic E-state index is 12.9. The molecule has 0 radical (unpaired) electrons. The van der Waals surface area contributed by atoms with Crippen LogP contribution in [0.2, 0.25) is 0 Å². The van der Waals surface area contributed by atoms with Crippen LogP contribution in [0.3, 0.4) is 0 Å². The first-order chi connectivity index (χ1) is 13.3. The number of urea groups is 1. The highest BCUT2D eigenvalue weighted by Gasteiger charge is 2.56. The second-order valence-electron chi connectivity index (χ2n) is 7.36. The van der Waals surface area contributed by atoms with Crippen molar-refractivity contribution in [3.8, 4) is 0 Å². The lowest BCUT2D eigenvalue weighted by Crippen LogP contribution is -2.57. The van der Waals surface area contributed by atoms with Gasteiger partial charge in [0.2, 0.25) is 11.8 Å². The minimum absolute atomic E-state index is 0.0525. The molecule has 5 amide bonds. The van der Waals surface area contributed by atoms with Gasteiger partial charge in [-0.1, -0.05) is 30.3 Å². The number of nitrogens with one attached hydrogen (secondary N) is 1. The van der Waals surface area contributed by atoms with Crippen LogP contribution in [0, 0.1) is 0 Å². The van der Waals surface area contributed by atoms with Crippen LogP contribution in [0.5, 0.6) is 0 Å². The number of rotatable bonds is 5. The van der Waals surface area contributed by atoms with E-state index in [0.29, 0.717) is 39.0 Å². The molecule has 2 aliphatic rings. The summed E-state index contributed by atoms with van der Waals surface area (Å²) in [4.78, 5) is 53.5. The molecule has 0 atom stereocenters.